The number of pyridine rings is 1. The van der Waals surface area contributed by atoms with Crippen LogP contribution >= 0.6 is 11.3 Å². The molecule has 2 aromatic carbocycles. The number of fused-ring (bicyclic) bond motifs is 3. The van der Waals surface area contributed by atoms with Crippen molar-refractivity contribution in [3.8, 4) is 17.2 Å². The highest BCUT2D eigenvalue weighted by molar-refractivity contribution is 7.07. The highest BCUT2D eigenvalue weighted by atomic mass is 32.1. The van der Waals surface area contributed by atoms with E-state index in [1.54, 1.807) is 61.4 Å². The molecule has 4 aromatic heterocycles. The van der Waals surface area contributed by atoms with Gasteiger partial charge in [0.2, 0.25) is 0 Å². The molecule has 0 unspecified atom stereocenters. The summed E-state index contributed by atoms with van der Waals surface area (Å²) in [6.07, 6.45) is 6.29. The van der Waals surface area contributed by atoms with Crippen molar-refractivity contribution in [1.82, 2.24) is 19.5 Å². The maximum Gasteiger partial charge on any atom is 0.266 e. The number of nitrogens with zero attached hydrogens (tertiary/aromatic N) is 4. The molecule has 0 saturated carbocycles. The summed E-state index contributed by atoms with van der Waals surface area (Å²) in [4.78, 5) is 26.2. The van der Waals surface area contributed by atoms with E-state index in [0.717, 1.165) is 16.7 Å². The number of ether oxygens (including phenoxy) is 2. The van der Waals surface area contributed by atoms with Gasteiger partial charge in [0.05, 0.1) is 31.5 Å². The van der Waals surface area contributed by atoms with E-state index in [0.29, 0.717) is 52.3 Å². The lowest BCUT2D eigenvalue weighted by Gasteiger charge is -2.13. The summed E-state index contributed by atoms with van der Waals surface area (Å²) >= 11 is 1.63. The van der Waals surface area contributed by atoms with Gasteiger partial charge in [0.25, 0.3) is 11.5 Å². The van der Waals surface area contributed by atoms with Crippen molar-refractivity contribution in [2.75, 3.05) is 21.3 Å². The summed E-state index contributed by atoms with van der Waals surface area (Å²) in [6.45, 7) is 0.560. The summed E-state index contributed by atoms with van der Waals surface area (Å²) < 4.78 is 16.4. The highest BCUT2D eigenvalue weighted by Crippen LogP contribution is 2.28. The molecular formula is C31H28N5O4S+. The van der Waals surface area contributed by atoms with Crippen molar-refractivity contribution in [2.45, 2.75) is 13.0 Å². The topological polar surface area (TPSA) is 90.7 Å². The van der Waals surface area contributed by atoms with Gasteiger partial charge in [0.1, 0.15) is 11.2 Å². The number of thiophene rings is 1. The number of benzene rings is 2. The first-order chi connectivity index (χ1) is 20.0. The van der Waals surface area contributed by atoms with Gasteiger partial charge < -0.3 is 14.8 Å². The third-order valence-corrected chi connectivity index (χ3v) is 7.82. The predicted molar refractivity (Wildman–Crippen MR) is 158 cm³/mol. The Hall–Kier alpha value is -4.96. The van der Waals surface area contributed by atoms with E-state index in [-0.39, 0.29) is 11.5 Å². The normalized spacial score (nSPS) is 11.2. The smallest absolute Gasteiger partial charge is 0.266 e. The van der Waals surface area contributed by atoms with Crippen molar-refractivity contribution < 1.29 is 18.8 Å². The van der Waals surface area contributed by atoms with E-state index < -0.39 is 0 Å². The van der Waals surface area contributed by atoms with Crippen LogP contribution in [0, 0.1) is 0 Å². The van der Waals surface area contributed by atoms with Gasteiger partial charge >= 0.3 is 0 Å². The van der Waals surface area contributed by atoms with Crippen LogP contribution in [0.2, 0.25) is 0 Å². The van der Waals surface area contributed by atoms with Crippen LogP contribution in [-0.2, 0) is 13.0 Å². The second-order valence-corrected chi connectivity index (χ2v) is 10.4. The molecule has 6 rings (SSSR count). The molecule has 4 heterocycles. The van der Waals surface area contributed by atoms with Gasteiger partial charge in [0, 0.05) is 36.2 Å². The predicted octanol–water partition coefficient (Wildman–Crippen LogP) is 4.00. The quantitative estimate of drug-likeness (QED) is 0.281. The minimum atomic E-state index is -0.186. The van der Waals surface area contributed by atoms with Gasteiger partial charge in [-0.2, -0.15) is 21.0 Å². The first-order valence-corrected chi connectivity index (χ1v) is 13.9. The molecular weight excluding hydrogens is 538 g/mol. The van der Waals surface area contributed by atoms with Crippen molar-refractivity contribution in [3.05, 3.63) is 117 Å². The molecule has 0 saturated heterocycles. The van der Waals surface area contributed by atoms with Crippen molar-refractivity contribution in [1.29, 1.82) is 0 Å². The van der Waals surface area contributed by atoms with Gasteiger partial charge in [-0.3, -0.25) is 14.2 Å². The highest BCUT2D eigenvalue weighted by Gasteiger charge is 2.20. The van der Waals surface area contributed by atoms with Crippen LogP contribution in [0.15, 0.2) is 88.7 Å². The second-order valence-electron chi connectivity index (χ2n) is 9.59. The molecule has 206 valence electrons. The average molecular weight is 567 g/mol. The summed E-state index contributed by atoms with van der Waals surface area (Å²) in [6, 6.07) is 16.7. The van der Waals surface area contributed by atoms with E-state index in [9.17, 15) is 9.59 Å². The Bertz CT molecular complexity index is 1940. The molecule has 1 amide bonds. The fourth-order valence-corrected chi connectivity index (χ4v) is 5.72. The van der Waals surface area contributed by atoms with E-state index in [2.05, 4.69) is 16.8 Å². The molecule has 41 heavy (non-hydrogen) atoms. The van der Waals surface area contributed by atoms with Gasteiger partial charge in [0.15, 0.2) is 30.4 Å². The number of methoxy groups -OCH3 is 2. The number of rotatable bonds is 8. The molecule has 0 aliphatic carbocycles. The minimum Gasteiger partial charge on any atom is -0.493 e. The number of nitrogens with one attached hydrogen (secondary N) is 1. The number of hydrogen-bond donors (Lipinski definition) is 1. The summed E-state index contributed by atoms with van der Waals surface area (Å²) in [5.41, 5.74) is 5.49. The van der Waals surface area contributed by atoms with Crippen LogP contribution in [0.1, 0.15) is 27.0 Å². The van der Waals surface area contributed by atoms with Crippen molar-refractivity contribution in [3.63, 3.8) is 0 Å². The zero-order valence-electron chi connectivity index (χ0n) is 22.8. The van der Waals surface area contributed by atoms with Crippen molar-refractivity contribution >= 4 is 33.8 Å². The zero-order valence-corrected chi connectivity index (χ0v) is 23.6. The van der Waals surface area contributed by atoms with Crippen LogP contribution in [0.25, 0.3) is 22.2 Å². The maximum absolute atomic E-state index is 14.1. The Morgan fingerprint density at radius 2 is 1.83 bits per heavy atom. The number of hydrogen-bond acceptors (Lipinski definition) is 6. The largest absolute Gasteiger partial charge is 0.493 e. The van der Waals surface area contributed by atoms with Crippen LogP contribution in [0.3, 0.4) is 0 Å². The Morgan fingerprint density at radius 1 is 1.02 bits per heavy atom. The van der Waals surface area contributed by atoms with Gasteiger partial charge in [-0.05, 0) is 64.9 Å². The number of carbonyl (C=O) groups is 1. The lowest BCUT2D eigenvalue weighted by molar-refractivity contribution is -0.687. The Balaban J connectivity index is 1.52. The fraction of sp³-hybridized carbons (Fsp3) is 0.161. The van der Waals surface area contributed by atoms with Gasteiger partial charge in [-0.25, -0.2) is 4.52 Å². The molecule has 0 aliphatic rings. The lowest BCUT2D eigenvalue weighted by Crippen LogP contribution is -2.35. The third kappa shape index (κ3) is 4.82. The standard InChI is InChI=1S/C31H27N5O4S/c1-32-29(37)22-5-7-24(8-6-22)35-30-23(14-21-11-13-41-19-21)16-33-36(30)26-18-34(12-10-25(26)31(35)38)17-20-4-9-27(39-2)28(15-20)40-3/h4-13,15-16,18-19H,14,17H2,1-3H3/p+1. The molecule has 10 heteroatoms. The Kier molecular flexibility index (Phi) is 6.98. The van der Waals surface area contributed by atoms with E-state index >= 15 is 0 Å². The summed E-state index contributed by atoms with van der Waals surface area (Å²) in [5, 5.41) is 12.1. The third-order valence-electron chi connectivity index (χ3n) is 7.09. The summed E-state index contributed by atoms with van der Waals surface area (Å²) in [5.74, 6) is 1.14. The SMILES string of the molecule is CNC(=O)c1ccc(-n2c(=O)c3cc[n+](Cc4ccc(OC)c(OC)c4)cc3n3ncc(Cc4ccsc4)c23)cc1. The van der Waals surface area contributed by atoms with E-state index in [1.807, 2.05) is 57.3 Å². The molecule has 0 atom stereocenters. The van der Waals surface area contributed by atoms with Gasteiger partial charge in [-0.15, -0.1) is 0 Å². The van der Waals surface area contributed by atoms with E-state index in [1.165, 1.54) is 0 Å². The monoisotopic (exact) mass is 566 g/mol. The number of carbonyl (C=O) groups excluding carboxylic acids is 1. The summed E-state index contributed by atoms with van der Waals surface area (Å²) in [7, 11) is 4.82. The minimum absolute atomic E-state index is 0.162. The molecule has 9 nitrogen and oxygen atoms in total. The van der Waals surface area contributed by atoms with Gasteiger partial charge in [-0.1, -0.05) is 0 Å². The van der Waals surface area contributed by atoms with Crippen LogP contribution in [0.4, 0.5) is 0 Å². The molecule has 0 radical (unpaired) electrons. The molecule has 0 fully saturated rings. The molecule has 0 aliphatic heterocycles. The first-order valence-electron chi connectivity index (χ1n) is 13.0. The zero-order chi connectivity index (χ0) is 28.5. The average Bonchev–Trinajstić information content (AvgIpc) is 3.68. The second kappa shape index (κ2) is 10.9. The molecule has 1 N–H and O–H groups in total. The molecule has 0 spiro atoms. The maximum atomic E-state index is 14.1. The van der Waals surface area contributed by atoms with Crippen LogP contribution < -0.4 is 24.9 Å². The number of amides is 1. The van der Waals surface area contributed by atoms with Crippen LogP contribution in [-0.4, -0.2) is 41.4 Å². The Labute approximate surface area is 239 Å². The van der Waals surface area contributed by atoms with Crippen molar-refractivity contribution in [2.24, 2.45) is 0 Å². The molecule has 0 bridgehead atoms. The van der Waals surface area contributed by atoms with E-state index in [4.69, 9.17) is 14.6 Å². The Morgan fingerprint density at radius 3 is 2.54 bits per heavy atom. The molecule has 6 aromatic rings. The van der Waals surface area contributed by atoms with Crippen LogP contribution in [0.5, 0.6) is 11.5 Å². The first kappa shape index (κ1) is 26.3. The fourth-order valence-electron chi connectivity index (χ4n) is 5.05. The lowest BCUT2D eigenvalue weighted by atomic mass is 10.1. The number of aromatic nitrogens is 4.